The molecular formula is C12H17N5O4. The molecule has 0 radical (unpaired) electrons. The van der Waals surface area contributed by atoms with E-state index in [0.717, 1.165) is 0 Å². The highest BCUT2D eigenvalue weighted by Gasteiger charge is 2.29. The van der Waals surface area contributed by atoms with Crippen molar-refractivity contribution in [3.8, 4) is 0 Å². The Morgan fingerprint density at radius 2 is 1.86 bits per heavy atom. The van der Waals surface area contributed by atoms with E-state index in [2.05, 4.69) is 20.5 Å². The molecule has 1 fully saturated rings. The Hall–Kier alpha value is -2.45. The van der Waals surface area contributed by atoms with E-state index < -0.39 is 11.5 Å². The second-order valence-electron chi connectivity index (χ2n) is 5.09. The summed E-state index contributed by atoms with van der Waals surface area (Å²) in [7, 11) is 0. The van der Waals surface area contributed by atoms with E-state index in [0.29, 0.717) is 25.7 Å². The number of nitrogens with two attached hydrogens (primary N) is 1. The van der Waals surface area contributed by atoms with E-state index in [4.69, 9.17) is 10.8 Å². The van der Waals surface area contributed by atoms with Gasteiger partial charge in [-0.15, -0.1) is 10.2 Å². The van der Waals surface area contributed by atoms with Gasteiger partial charge in [0.25, 0.3) is 5.56 Å². The number of carboxylic acid groups (broad SMARTS) is 1. The van der Waals surface area contributed by atoms with Crippen LogP contribution in [0, 0.1) is 11.8 Å². The monoisotopic (exact) mass is 295 g/mol. The van der Waals surface area contributed by atoms with Gasteiger partial charge in [-0.1, -0.05) is 0 Å². The number of carbonyl (C=O) groups is 2. The number of nitrogens with zero attached hydrogens (tertiary/aromatic N) is 2. The summed E-state index contributed by atoms with van der Waals surface area (Å²) >= 11 is 0. The van der Waals surface area contributed by atoms with Crippen molar-refractivity contribution in [1.29, 1.82) is 0 Å². The molecule has 0 bridgehead atoms. The number of hydrogen-bond acceptors (Lipinski definition) is 6. The van der Waals surface area contributed by atoms with Crippen molar-refractivity contribution in [1.82, 2.24) is 20.5 Å². The number of H-pyrrole nitrogens is 1. The fourth-order valence-corrected chi connectivity index (χ4v) is 2.41. The number of rotatable bonds is 4. The molecular weight excluding hydrogens is 278 g/mol. The smallest absolute Gasteiger partial charge is 0.306 e. The maximum absolute atomic E-state index is 12.0. The summed E-state index contributed by atoms with van der Waals surface area (Å²) in [5, 5.41) is 18.7. The van der Waals surface area contributed by atoms with Crippen LogP contribution in [0.5, 0.6) is 0 Å². The Bertz CT molecular complexity index is 592. The first kappa shape index (κ1) is 14.9. The number of aromatic nitrogens is 3. The minimum Gasteiger partial charge on any atom is -0.481 e. The van der Waals surface area contributed by atoms with Gasteiger partial charge in [0, 0.05) is 5.92 Å². The predicted molar refractivity (Wildman–Crippen MR) is 72.0 cm³/mol. The third-order valence-electron chi connectivity index (χ3n) is 3.66. The summed E-state index contributed by atoms with van der Waals surface area (Å²) in [5.74, 6) is -1.67. The molecule has 1 aromatic heterocycles. The second kappa shape index (κ2) is 6.33. The van der Waals surface area contributed by atoms with Crippen molar-refractivity contribution in [2.45, 2.75) is 32.2 Å². The van der Waals surface area contributed by atoms with Crippen molar-refractivity contribution in [2.75, 3.05) is 5.73 Å². The van der Waals surface area contributed by atoms with Gasteiger partial charge in [-0.3, -0.25) is 19.4 Å². The van der Waals surface area contributed by atoms with Crippen molar-refractivity contribution >= 4 is 17.8 Å². The summed E-state index contributed by atoms with van der Waals surface area (Å²) < 4.78 is 0. The maximum Gasteiger partial charge on any atom is 0.306 e. The van der Waals surface area contributed by atoms with Gasteiger partial charge in [0.2, 0.25) is 11.9 Å². The molecule has 1 aromatic rings. The molecule has 1 aliphatic rings. The van der Waals surface area contributed by atoms with E-state index in [1.807, 2.05) is 0 Å². The molecule has 0 aliphatic heterocycles. The van der Waals surface area contributed by atoms with Crippen LogP contribution in [0.3, 0.4) is 0 Å². The van der Waals surface area contributed by atoms with Crippen molar-refractivity contribution in [3.63, 3.8) is 0 Å². The van der Waals surface area contributed by atoms with Gasteiger partial charge < -0.3 is 16.2 Å². The number of nitrogens with one attached hydrogen (secondary N) is 2. The fourth-order valence-electron chi connectivity index (χ4n) is 2.41. The number of hydrogen-bond donors (Lipinski definition) is 4. The Morgan fingerprint density at radius 3 is 2.43 bits per heavy atom. The van der Waals surface area contributed by atoms with E-state index in [1.165, 1.54) is 0 Å². The van der Waals surface area contributed by atoms with Crippen molar-refractivity contribution in [2.24, 2.45) is 11.8 Å². The molecule has 1 saturated carbocycles. The van der Waals surface area contributed by atoms with Crippen LogP contribution in [0.15, 0.2) is 4.79 Å². The average Bonchev–Trinajstić information content (AvgIpc) is 2.46. The standard InChI is InChI=1S/C12H17N5O4/c13-12-15-10(19)8(16-17-12)5-14-9(18)6-1-3-7(4-2-6)11(20)21/h6-7H,1-5H2,(H,14,18)(H,20,21)(H3,13,15,17,19). The first-order valence-electron chi connectivity index (χ1n) is 6.69. The molecule has 1 heterocycles. The summed E-state index contributed by atoms with van der Waals surface area (Å²) in [6, 6.07) is 0. The Labute approximate surface area is 120 Å². The van der Waals surface area contributed by atoms with E-state index >= 15 is 0 Å². The Kier molecular flexibility index (Phi) is 4.51. The summed E-state index contributed by atoms with van der Waals surface area (Å²) in [4.78, 5) is 36.6. The third kappa shape index (κ3) is 3.77. The number of aliphatic carboxylic acids is 1. The lowest BCUT2D eigenvalue weighted by atomic mass is 9.81. The van der Waals surface area contributed by atoms with Crippen LogP contribution < -0.4 is 16.6 Å². The molecule has 9 heteroatoms. The average molecular weight is 295 g/mol. The lowest BCUT2D eigenvalue weighted by molar-refractivity contribution is -0.144. The number of carboxylic acids is 1. The van der Waals surface area contributed by atoms with Gasteiger partial charge in [0.05, 0.1) is 12.5 Å². The molecule has 0 atom stereocenters. The van der Waals surface area contributed by atoms with Crippen LogP contribution in [0.25, 0.3) is 0 Å². The van der Waals surface area contributed by atoms with Crippen LogP contribution in [-0.4, -0.2) is 32.2 Å². The molecule has 1 amide bonds. The summed E-state index contributed by atoms with van der Waals surface area (Å²) in [6.07, 6.45) is 2.06. The Balaban J connectivity index is 1.85. The highest BCUT2D eigenvalue weighted by atomic mass is 16.4. The number of amides is 1. The Morgan fingerprint density at radius 1 is 1.24 bits per heavy atom. The minimum atomic E-state index is -0.808. The van der Waals surface area contributed by atoms with E-state index in [9.17, 15) is 14.4 Å². The zero-order valence-corrected chi connectivity index (χ0v) is 11.3. The van der Waals surface area contributed by atoms with Crippen molar-refractivity contribution < 1.29 is 14.7 Å². The van der Waals surface area contributed by atoms with Crippen molar-refractivity contribution in [3.05, 3.63) is 16.0 Å². The lowest BCUT2D eigenvalue weighted by Gasteiger charge is -2.25. The molecule has 9 nitrogen and oxygen atoms in total. The van der Waals surface area contributed by atoms with Gasteiger partial charge >= 0.3 is 5.97 Å². The number of carbonyl (C=O) groups excluding carboxylic acids is 1. The van der Waals surface area contributed by atoms with Crippen LogP contribution in [0.4, 0.5) is 5.95 Å². The first-order valence-corrected chi connectivity index (χ1v) is 6.69. The van der Waals surface area contributed by atoms with Gasteiger partial charge in [-0.25, -0.2) is 0 Å². The first-order chi connectivity index (χ1) is 9.97. The van der Waals surface area contributed by atoms with Gasteiger partial charge in [-0.05, 0) is 25.7 Å². The van der Waals surface area contributed by atoms with E-state index in [-0.39, 0.29) is 35.9 Å². The zero-order valence-electron chi connectivity index (χ0n) is 11.3. The summed E-state index contributed by atoms with van der Waals surface area (Å²) in [6.45, 7) is -0.0275. The molecule has 0 saturated heterocycles. The van der Waals surface area contributed by atoms with Crippen LogP contribution in [-0.2, 0) is 16.1 Å². The minimum absolute atomic E-state index is 0.0275. The lowest BCUT2D eigenvalue weighted by Crippen LogP contribution is -2.35. The van der Waals surface area contributed by atoms with Crippen LogP contribution in [0.2, 0.25) is 0 Å². The topological polar surface area (TPSA) is 151 Å². The molecule has 0 aromatic carbocycles. The van der Waals surface area contributed by atoms with Gasteiger partial charge in [0.1, 0.15) is 5.69 Å². The second-order valence-corrected chi connectivity index (χ2v) is 5.09. The van der Waals surface area contributed by atoms with Crippen LogP contribution in [0.1, 0.15) is 31.4 Å². The number of nitrogen functional groups attached to an aromatic ring is 1. The highest BCUT2D eigenvalue weighted by Crippen LogP contribution is 2.28. The van der Waals surface area contributed by atoms with Crippen LogP contribution >= 0.6 is 0 Å². The molecule has 21 heavy (non-hydrogen) atoms. The predicted octanol–water partition coefficient (Wildman–Crippen LogP) is -0.746. The van der Waals surface area contributed by atoms with Gasteiger partial charge in [-0.2, -0.15) is 0 Å². The van der Waals surface area contributed by atoms with E-state index in [1.54, 1.807) is 0 Å². The largest absolute Gasteiger partial charge is 0.481 e. The molecule has 0 spiro atoms. The molecule has 0 unspecified atom stereocenters. The molecule has 5 N–H and O–H groups in total. The third-order valence-corrected chi connectivity index (χ3v) is 3.66. The fraction of sp³-hybridized carbons (Fsp3) is 0.583. The van der Waals surface area contributed by atoms with Gasteiger partial charge in [0.15, 0.2) is 0 Å². The SMILES string of the molecule is Nc1nnc(CNC(=O)C2CCC(C(=O)O)CC2)c(=O)[nH]1. The summed E-state index contributed by atoms with van der Waals surface area (Å²) in [5.41, 5.74) is 4.87. The normalized spacial score (nSPS) is 21.7. The highest BCUT2D eigenvalue weighted by molar-refractivity contribution is 5.79. The zero-order chi connectivity index (χ0) is 15.4. The number of aromatic amines is 1. The molecule has 2 rings (SSSR count). The quantitative estimate of drug-likeness (QED) is 0.570. The molecule has 1 aliphatic carbocycles. The molecule has 114 valence electrons. The number of anilines is 1. The maximum atomic E-state index is 12.0.